The SMILES string of the molecule is COc1c(OC)c([N+](=O)[O-])c(-c2ccccc2)c(C(=O)O)c1C(C)=O. The lowest BCUT2D eigenvalue weighted by molar-refractivity contribution is -0.385. The van der Waals surface area contributed by atoms with E-state index >= 15 is 0 Å². The number of nitrogens with zero attached hydrogens (tertiary/aromatic N) is 1. The monoisotopic (exact) mass is 345 g/mol. The van der Waals surface area contributed by atoms with Crippen LogP contribution in [0.25, 0.3) is 11.1 Å². The first-order chi connectivity index (χ1) is 11.8. The summed E-state index contributed by atoms with van der Waals surface area (Å²) in [5.41, 5.74) is -1.29. The Labute approximate surface area is 142 Å². The van der Waals surface area contributed by atoms with Gasteiger partial charge < -0.3 is 14.6 Å². The number of benzene rings is 2. The number of carbonyl (C=O) groups is 2. The van der Waals surface area contributed by atoms with E-state index in [1.165, 1.54) is 26.4 Å². The molecule has 0 amide bonds. The highest BCUT2D eigenvalue weighted by molar-refractivity contribution is 6.13. The minimum atomic E-state index is -1.48. The normalized spacial score (nSPS) is 10.2. The molecule has 0 aliphatic rings. The second-order valence-corrected chi connectivity index (χ2v) is 5.02. The number of ether oxygens (including phenoxy) is 2. The van der Waals surface area contributed by atoms with Crippen molar-refractivity contribution in [2.45, 2.75) is 6.92 Å². The summed E-state index contributed by atoms with van der Waals surface area (Å²) in [5.74, 6) is -2.67. The van der Waals surface area contributed by atoms with Crippen molar-refractivity contribution in [3.05, 3.63) is 51.6 Å². The number of carboxylic acid groups (broad SMARTS) is 1. The number of nitro groups is 1. The Hall–Kier alpha value is -3.42. The van der Waals surface area contributed by atoms with Crippen molar-refractivity contribution in [3.8, 4) is 22.6 Å². The molecule has 0 aliphatic carbocycles. The lowest BCUT2D eigenvalue weighted by Crippen LogP contribution is -2.14. The molecule has 0 saturated heterocycles. The number of carbonyl (C=O) groups excluding carboxylic acids is 1. The molecular formula is C17H15NO7. The molecule has 0 atom stereocenters. The molecule has 0 radical (unpaired) electrons. The largest absolute Gasteiger partial charge is 0.492 e. The average molecular weight is 345 g/mol. The van der Waals surface area contributed by atoms with Crippen LogP contribution in [0.3, 0.4) is 0 Å². The van der Waals surface area contributed by atoms with E-state index in [9.17, 15) is 24.8 Å². The molecule has 0 aliphatic heterocycles. The third-order valence-electron chi connectivity index (χ3n) is 3.60. The molecule has 8 heteroatoms. The second-order valence-electron chi connectivity index (χ2n) is 5.02. The van der Waals surface area contributed by atoms with Gasteiger partial charge in [0.25, 0.3) is 0 Å². The summed E-state index contributed by atoms with van der Waals surface area (Å²) in [7, 11) is 2.37. The Balaban J connectivity index is 3.17. The standard InChI is InChI=1S/C17H15NO7/c1-9(19)11-13(17(20)21)12(10-7-5-4-6-8-10)14(18(22)23)16(25-3)15(11)24-2/h4-8H,1-3H3,(H,20,21). The summed E-state index contributed by atoms with van der Waals surface area (Å²) < 4.78 is 10.2. The van der Waals surface area contributed by atoms with E-state index in [2.05, 4.69) is 0 Å². The predicted molar refractivity (Wildman–Crippen MR) is 88.6 cm³/mol. The highest BCUT2D eigenvalue weighted by Gasteiger charge is 2.37. The fraction of sp³-hybridized carbons (Fsp3) is 0.176. The molecule has 0 unspecified atom stereocenters. The van der Waals surface area contributed by atoms with Gasteiger partial charge in [0.15, 0.2) is 11.5 Å². The van der Waals surface area contributed by atoms with Crippen molar-refractivity contribution in [2.75, 3.05) is 14.2 Å². The minimum Gasteiger partial charge on any atom is -0.492 e. The van der Waals surface area contributed by atoms with Gasteiger partial charge in [-0.3, -0.25) is 14.9 Å². The summed E-state index contributed by atoms with van der Waals surface area (Å²) in [4.78, 5) is 34.9. The first kappa shape index (κ1) is 17.9. The third-order valence-corrected chi connectivity index (χ3v) is 3.60. The van der Waals surface area contributed by atoms with E-state index in [0.29, 0.717) is 0 Å². The van der Waals surface area contributed by atoms with Crippen LogP contribution < -0.4 is 9.47 Å². The van der Waals surface area contributed by atoms with E-state index in [1.807, 2.05) is 0 Å². The van der Waals surface area contributed by atoms with Gasteiger partial charge in [-0.1, -0.05) is 30.3 Å². The molecule has 0 fully saturated rings. The fourth-order valence-corrected chi connectivity index (χ4v) is 2.69. The predicted octanol–water partition coefficient (Wildman–Crippen LogP) is 3.18. The molecular weight excluding hydrogens is 330 g/mol. The maximum atomic E-state index is 12.1. The van der Waals surface area contributed by atoms with E-state index in [4.69, 9.17) is 9.47 Å². The van der Waals surface area contributed by atoms with Crippen molar-refractivity contribution < 1.29 is 29.1 Å². The number of rotatable bonds is 6. The van der Waals surface area contributed by atoms with Gasteiger partial charge in [0.2, 0.25) is 5.75 Å². The van der Waals surface area contributed by atoms with Crippen LogP contribution in [0.15, 0.2) is 30.3 Å². The number of aromatic carboxylic acids is 1. The topological polar surface area (TPSA) is 116 Å². The second kappa shape index (κ2) is 7.00. The van der Waals surface area contributed by atoms with Crippen LogP contribution in [-0.2, 0) is 0 Å². The maximum Gasteiger partial charge on any atom is 0.337 e. The van der Waals surface area contributed by atoms with Crippen LogP contribution >= 0.6 is 0 Å². The van der Waals surface area contributed by atoms with Gasteiger partial charge in [0, 0.05) is 0 Å². The third kappa shape index (κ3) is 3.01. The van der Waals surface area contributed by atoms with Crippen molar-refractivity contribution in [3.63, 3.8) is 0 Å². The van der Waals surface area contributed by atoms with Gasteiger partial charge in [-0.2, -0.15) is 0 Å². The Morgan fingerprint density at radius 3 is 2.00 bits per heavy atom. The number of hydrogen-bond acceptors (Lipinski definition) is 6. The average Bonchev–Trinajstić information content (AvgIpc) is 2.59. The molecule has 8 nitrogen and oxygen atoms in total. The van der Waals surface area contributed by atoms with Gasteiger partial charge in [-0.05, 0) is 12.5 Å². The zero-order valence-electron chi connectivity index (χ0n) is 13.7. The molecule has 130 valence electrons. The van der Waals surface area contributed by atoms with Crippen molar-refractivity contribution in [1.82, 2.24) is 0 Å². The van der Waals surface area contributed by atoms with Gasteiger partial charge in [-0.15, -0.1) is 0 Å². The summed E-state index contributed by atoms with van der Waals surface area (Å²) >= 11 is 0. The summed E-state index contributed by atoms with van der Waals surface area (Å²) in [6, 6.07) is 7.93. The number of methoxy groups -OCH3 is 2. The van der Waals surface area contributed by atoms with Crippen LogP contribution in [0.2, 0.25) is 0 Å². The number of ketones is 1. The van der Waals surface area contributed by atoms with Crippen LogP contribution in [-0.4, -0.2) is 36.0 Å². The van der Waals surface area contributed by atoms with E-state index in [1.54, 1.807) is 18.2 Å². The highest BCUT2D eigenvalue weighted by atomic mass is 16.6. The number of Topliss-reactive ketones (excluding diaryl/α,β-unsaturated/α-hetero) is 1. The molecule has 2 aromatic rings. The molecule has 1 N–H and O–H groups in total. The zero-order chi connectivity index (χ0) is 18.7. The zero-order valence-corrected chi connectivity index (χ0v) is 13.7. The highest BCUT2D eigenvalue weighted by Crippen LogP contribution is 2.49. The first-order valence-corrected chi connectivity index (χ1v) is 7.11. The van der Waals surface area contributed by atoms with Gasteiger partial charge >= 0.3 is 11.7 Å². The van der Waals surface area contributed by atoms with Crippen LogP contribution in [0, 0.1) is 10.1 Å². The van der Waals surface area contributed by atoms with Crippen molar-refractivity contribution in [1.29, 1.82) is 0 Å². The summed E-state index contributed by atoms with van der Waals surface area (Å²) in [6.07, 6.45) is 0. The van der Waals surface area contributed by atoms with Crippen molar-refractivity contribution >= 4 is 17.4 Å². The molecule has 0 bridgehead atoms. The lowest BCUT2D eigenvalue weighted by Gasteiger charge is -2.18. The van der Waals surface area contributed by atoms with Gasteiger partial charge in [0.05, 0.1) is 35.8 Å². The maximum absolute atomic E-state index is 12.1. The number of hydrogen-bond donors (Lipinski definition) is 1. The van der Waals surface area contributed by atoms with Crippen molar-refractivity contribution in [2.24, 2.45) is 0 Å². The Kier molecular flexibility index (Phi) is 5.02. The van der Waals surface area contributed by atoms with E-state index in [-0.39, 0.29) is 28.2 Å². The number of nitro benzene ring substituents is 1. The molecule has 25 heavy (non-hydrogen) atoms. The Bertz CT molecular complexity index is 859. The van der Waals surface area contributed by atoms with Crippen LogP contribution in [0.5, 0.6) is 11.5 Å². The molecule has 0 heterocycles. The smallest absolute Gasteiger partial charge is 0.337 e. The minimum absolute atomic E-state index is 0.207. The summed E-state index contributed by atoms with van der Waals surface area (Å²) in [6.45, 7) is 1.16. The van der Waals surface area contributed by atoms with Crippen LogP contribution in [0.4, 0.5) is 5.69 Å². The van der Waals surface area contributed by atoms with E-state index < -0.39 is 27.9 Å². The molecule has 2 rings (SSSR count). The summed E-state index contributed by atoms with van der Waals surface area (Å²) in [5, 5.41) is 21.4. The quantitative estimate of drug-likeness (QED) is 0.485. The first-order valence-electron chi connectivity index (χ1n) is 7.11. The van der Waals surface area contributed by atoms with E-state index in [0.717, 1.165) is 6.92 Å². The number of carboxylic acids is 1. The molecule has 2 aromatic carbocycles. The molecule has 0 saturated carbocycles. The lowest BCUT2D eigenvalue weighted by atomic mass is 9.90. The van der Waals surface area contributed by atoms with Gasteiger partial charge in [-0.25, -0.2) is 4.79 Å². The molecule has 0 spiro atoms. The fourth-order valence-electron chi connectivity index (χ4n) is 2.69. The van der Waals surface area contributed by atoms with Crippen LogP contribution in [0.1, 0.15) is 27.6 Å². The Morgan fingerprint density at radius 2 is 1.60 bits per heavy atom. The molecule has 0 aromatic heterocycles. The van der Waals surface area contributed by atoms with Gasteiger partial charge in [0.1, 0.15) is 0 Å². The Morgan fingerprint density at radius 1 is 1.04 bits per heavy atom.